The Bertz CT molecular complexity index is 497. The van der Waals surface area contributed by atoms with Crippen LogP contribution in [0.4, 0.5) is 4.79 Å². The Morgan fingerprint density at radius 1 is 1.28 bits per heavy atom. The van der Waals surface area contributed by atoms with E-state index in [1.807, 2.05) is 0 Å². The zero-order chi connectivity index (χ0) is 13.8. The van der Waals surface area contributed by atoms with Gasteiger partial charge in [-0.2, -0.15) is 0 Å². The number of hydrogen-bond acceptors (Lipinski definition) is 3. The molecule has 0 heterocycles. The van der Waals surface area contributed by atoms with Gasteiger partial charge in [0.2, 0.25) is 0 Å². The fraction of sp³-hybridized carbons (Fsp3) is 0.417. The van der Waals surface area contributed by atoms with Crippen molar-refractivity contribution in [3.05, 3.63) is 30.3 Å². The van der Waals surface area contributed by atoms with E-state index in [0.717, 1.165) is 0 Å². The van der Waals surface area contributed by atoms with E-state index in [2.05, 4.69) is 0 Å². The van der Waals surface area contributed by atoms with Crippen LogP contribution in [0.15, 0.2) is 35.2 Å². The van der Waals surface area contributed by atoms with E-state index < -0.39 is 15.9 Å². The van der Waals surface area contributed by atoms with E-state index in [9.17, 15) is 13.2 Å². The van der Waals surface area contributed by atoms with Gasteiger partial charge in [0.25, 0.3) is 0 Å². The van der Waals surface area contributed by atoms with Crippen molar-refractivity contribution in [2.24, 2.45) is 5.73 Å². The van der Waals surface area contributed by atoms with Crippen LogP contribution in [-0.2, 0) is 9.84 Å². The fourth-order valence-electron chi connectivity index (χ4n) is 1.59. The Morgan fingerprint density at radius 3 is 2.28 bits per heavy atom. The normalized spacial score (nSPS) is 11.5. The van der Waals surface area contributed by atoms with Gasteiger partial charge < -0.3 is 10.6 Å². The number of hydrogen-bond donors (Lipinski definition) is 1. The minimum absolute atomic E-state index is 0.101. The van der Waals surface area contributed by atoms with Crippen LogP contribution in [-0.4, -0.2) is 37.7 Å². The Labute approximate surface area is 108 Å². The van der Waals surface area contributed by atoms with Crippen LogP contribution in [0.2, 0.25) is 0 Å². The molecule has 0 saturated heterocycles. The van der Waals surface area contributed by atoms with Crippen molar-refractivity contribution < 1.29 is 13.2 Å². The summed E-state index contributed by atoms with van der Waals surface area (Å²) in [6.07, 6.45) is 0. The van der Waals surface area contributed by atoms with Gasteiger partial charge in [-0.25, -0.2) is 13.2 Å². The molecule has 0 spiro atoms. The molecule has 0 aliphatic carbocycles. The lowest BCUT2D eigenvalue weighted by molar-refractivity contribution is 0.197. The summed E-state index contributed by atoms with van der Waals surface area (Å²) in [5.41, 5.74) is 5.20. The van der Waals surface area contributed by atoms with Crippen molar-refractivity contribution in [1.29, 1.82) is 0 Å². The van der Waals surface area contributed by atoms with Gasteiger partial charge in [-0.05, 0) is 26.0 Å². The van der Waals surface area contributed by atoms with Crippen molar-refractivity contribution in [3.63, 3.8) is 0 Å². The van der Waals surface area contributed by atoms with E-state index in [-0.39, 0.29) is 23.2 Å². The van der Waals surface area contributed by atoms with Gasteiger partial charge in [0.05, 0.1) is 10.6 Å². The first-order valence-corrected chi connectivity index (χ1v) is 7.33. The maximum atomic E-state index is 12.0. The summed E-state index contributed by atoms with van der Waals surface area (Å²) in [7, 11) is -3.37. The van der Waals surface area contributed by atoms with Crippen LogP contribution in [0.1, 0.15) is 13.8 Å². The third-order valence-corrected chi connectivity index (χ3v) is 4.32. The first-order valence-electron chi connectivity index (χ1n) is 5.68. The highest BCUT2D eigenvalue weighted by Gasteiger charge is 2.19. The van der Waals surface area contributed by atoms with E-state index in [0.29, 0.717) is 0 Å². The van der Waals surface area contributed by atoms with Crippen LogP contribution in [0.3, 0.4) is 0 Å². The predicted molar refractivity (Wildman–Crippen MR) is 69.9 cm³/mol. The minimum atomic E-state index is -3.37. The summed E-state index contributed by atoms with van der Waals surface area (Å²) < 4.78 is 24.0. The first-order chi connectivity index (χ1) is 8.34. The second-order valence-corrected chi connectivity index (χ2v) is 6.37. The van der Waals surface area contributed by atoms with Crippen molar-refractivity contribution >= 4 is 15.9 Å². The molecular weight excluding hydrogens is 252 g/mol. The van der Waals surface area contributed by atoms with Gasteiger partial charge >= 0.3 is 6.03 Å². The molecule has 0 aliphatic heterocycles. The summed E-state index contributed by atoms with van der Waals surface area (Å²) in [6, 6.07) is 7.45. The monoisotopic (exact) mass is 270 g/mol. The van der Waals surface area contributed by atoms with Crippen molar-refractivity contribution in [2.75, 3.05) is 12.3 Å². The summed E-state index contributed by atoms with van der Waals surface area (Å²) in [5, 5.41) is 0. The third kappa shape index (κ3) is 3.73. The average molecular weight is 270 g/mol. The van der Waals surface area contributed by atoms with Gasteiger partial charge in [-0.1, -0.05) is 18.2 Å². The molecule has 1 aromatic carbocycles. The predicted octanol–water partition coefficient (Wildman–Crippen LogP) is 1.25. The van der Waals surface area contributed by atoms with Crippen molar-refractivity contribution in [1.82, 2.24) is 4.90 Å². The van der Waals surface area contributed by atoms with Crippen molar-refractivity contribution in [3.8, 4) is 0 Å². The van der Waals surface area contributed by atoms with Crippen LogP contribution >= 0.6 is 0 Å². The molecule has 2 amide bonds. The standard InChI is InChI=1S/C12H18N2O3S/c1-10(2)14(12(13)15)8-9-18(16,17)11-6-4-3-5-7-11/h3-7,10H,8-9H2,1-2H3,(H2,13,15). The van der Waals surface area contributed by atoms with Crippen molar-refractivity contribution in [2.45, 2.75) is 24.8 Å². The number of sulfone groups is 1. The van der Waals surface area contributed by atoms with Crippen LogP contribution in [0.5, 0.6) is 0 Å². The molecule has 18 heavy (non-hydrogen) atoms. The molecule has 5 nitrogen and oxygen atoms in total. The smallest absolute Gasteiger partial charge is 0.315 e. The average Bonchev–Trinajstić information content (AvgIpc) is 2.29. The van der Waals surface area contributed by atoms with Gasteiger partial charge in [0.15, 0.2) is 9.84 Å². The number of urea groups is 1. The highest BCUT2D eigenvalue weighted by molar-refractivity contribution is 7.91. The first kappa shape index (κ1) is 14.5. The van der Waals surface area contributed by atoms with Gasteiger partial charge in [0, 0.05) is 12.6 Å². The Kier molecular flexibility index (Phi) is 4.72. The second-order valence-electron chi connectivity index (χ2n) is 4.26. The number of amides is 2. The van der Waals surface area contributed by atoms with E-state index in [4.69, 9.17) is 5.73 Å². The molecular formula is C12H18N2O3S. The lowest BCUT2D eigenvalue weighted by Crippen LogP contribution is -2.43. The molecule has 100 valence electrons. The van der Waals surface area contributed by atoms with Gasteiger partial charge in [0.1, 0.15) is 0 Å². The number of nitrogens with two attached hydrogens (primary N) is 1. The number of primary amides is 1. The molecule has 2 N–H and O–H groups in total. The molecule has 0 unspecified atom stereocenters. The quantitative estimate of drug-likeness (QED) is 0.874. The highest BCUT2D eigenvalue weighted by atomic mass is 32.2. The summed E-state index contributed by atoms with van der Waals surface area (Å²) in [4.78, 5) is 12.7. The molecule has 0 aliphatic rings. The highest BCUT2D eigenvalue weighted by Crippen LogP contribution is 2.11. The Morgan fingerprint density at radius 2 is 1.83 bits per heavy atom. The van der Waals surface area contributed by atoms with Crippen LogP contribution in [0, 0.1) is 0 Å². The summed E-state index contributed by atoms with van der Waals surface area (Å²) >= 11 is 0. The van der Waals surface area contributed by atoms with E-state index in [1.54, 1.807) is 44.2 Å². The number of rotatable bonds is 5. The molecule has 0 bridgehead atoms. The number of carbonyl (C=O) groups is 1. The minimum Gasteiger partial charge on any atom is -0.351 e. The molecule has 0 saturated carbocycles. The second kappa shape index (κ2) is 5.86. The van der Waals surface area contributed by atoms with Crippen LogP contribution in [0.25, 0.3) is 0 Å². The van der Waals surface area contributed by atoms with Gasteiger partial charge in [-0.3, -0.25) is 0 Å². The molecule has 0 atom stereocenters. The maximum Gasteiger partial charge on any atom is 0.315 e. The summed E-state index contributed by atoms with van der Waals surface area (Å²) in [6.45, 7) is 3.68. The number of carbonyl (C=O) groups excluding carboxylic acids is 1. The SMILES string of the molecule is CC(C)N(CCS(=O)(=O)c1ccccc1)C(N)=O. The van der Waals surface area contributed by atoms with Gasteiger partial charge in [-0.15, -0.1) is 0 Å². The molecule has 6 heteroatoms. The number of benzene rings is 1. The van der Waals surface area contributed by atoms with Crippen LogP contribution < -0.4 is 5.73 Å². The molecule has 1 rings (SSSR count). The summed E-state index contributed by atoms with van der Waals surface area (Å²) in [5.74, 6) is -0.127. The molecule has 0 fully saturated rings. The molecule has 0 aromatic heterocycles. The molecule has 0 radical (unpaired) electrons. The number of nitrogens with zero attached hydrogens (tertiary/aromatic N) is 1. The lowest BCUT2D eigenvalue weighted by Gasteiger charge is -2.24. The zero-order valence-electron chi connectivity index (χ0n) is 10.5. The fourth-order valence-corrected chi connectivity index (χ4v) is 2.83. The van der Waals surface area contributed by atoms with E-state index >= 15 is 0 Å². The lowest BCUT2D eigenvalue weighted by atomic mass is 10.3. The third-order valence-electron chi connectivity index (χ3n) is 2.61. The Balaban J connectivity index is 2.76. The largest absolute Gasteiger partial charge is 0.351 e. The Hall–Kier alpha value is -1.56. The zero-order valence-corrected chi connectivity index (χ0v) is 11.4. The topological polar surface area (TPSA) is 80.5 Å². The van der Waals surface area contributed by atoms with E-state index in [1.165, 1.54) is 4.90 Å². The maximum absolute atomic E-state index is 12.0. The molecule has 1 aromatic rings.